The topological polar surface area (TPSA) is 3.24 Å². The van der Waals surface area contributed by atoms with Crippen LogP contribution in [0, 0.1) is 0 Å². The highest BCUT2D eigenvalue weighted by molar-refractivity contribution is 5.94. The Morgan fingerprint density at radius 3 is 2.38 bits per heavy atom. The SMILES string of the molecule is FC(F)(F)C1c2ccccc2CCN1c1cccc2ccccc12. The van der Waals surface area contributed by atoms with Crippen LogP contribution in [0.15, 0.2) is 66.7 Å². The summed E-state index contributed by atoms with van der Waals surface area (Å²) in [6, 6.07) is 18.4. The molecule has 4 heteroatoms. The molecule has 0 saturated carbocycles. The molecule has 1 unspecified atom stereocenters. The minimum absolute atomic E-state index is 0.356. The van der Waals surface area contributed by atoms with Gasteiger partial charge < -0.3 is 4.90 Å². The van der Waals surface area contributed by atoms with Gasteiger partial charge >= 0.3 is 6.18 Å². The first-order chi connectivity index (χ1) is 11.6. The van der Waals surface area contributed by atoms with Gasteiger partial charge in [-0.05, 0) is 29.0 Å². The van der Waals surface area contributed by atoms with Crippen molar-refractivity contribution in [2.45, 2.75) is 18.6 Å². The highest BCUT2D eigenvalue weighted by atomic mass is 19.4. The summed E-state index contributed by atoms with van der Waals surface area (Å²) >= 11 is 0. The smallest absolute Gasteiger partial charge is 0.355 e. The number of rotatable bonds is 1. The second kappa shape index (κ2) is 5.55. The molecule has 1 atom stereocenters. The average molecular weight is 327 g/mol. The van der Waals surface area contributed by atoms with Crippen LogP contribution >= 0.6 is 0 Å². The van der Waals surface area contributed by atoms with Crippen molar-refractivity contribution >= 4 is 16.5 Å². The fourth-order valence-corrected chi connectivity index (χ4v) is 3.64. The molecule has 0 saturated heterocycles. The van der Waals surface area contributed by atoms with E-state index in [0.29, 0.717) is 24.2 Å². The highest BCUT2D eigenvalue weighted by Crippen LogP contribution is 2.45. The third-order valence-electron chi connectivity index (χ3n) is 4.67. The van der Waals surface area contributed by atoms with Crippen LogP contribution in [0.1, 0.15) is 17.2 Å². The number of alkyl halides is 3. The summed E-state index contributed by atoms with van der Waals surface area (Å²) in [7, 11) is 0. The zero-order valence-corrected chi connectivity index (χ0v) is 12.9. The van der Waals surface area contributed by atoms with Gasteiger partial charge in [0.15, 0.2) is 6.04 Å². The Morgan fingerprint density at radius 1 is 0.833 bits per heavy atom. The normalized spacial score (nSPS) is 17.8. The molecule has 4 rings (SSSR count). The summed E-state index contributed by atoms with van der Waals surface area (Å²) in [4.78, 5) is 1.50. The Morgan fingerprint density at radius 2 is 1.54 bits per heavy atom. The molecule has 0 fully saturated rings. The van der Waals surface area contributed by atoms with Gasteiger partial charge in [-0.2, -0.15) is 13.2 Å². The standard InChI is InChI=1S/C20H16F3N/c21-20(22,23)19-17-10-4-2-7-15(17)12-13-24(19)18-11-5-8-14-6-1-3-9-16(14)18/h1-11,19H,12-13H2. The van der Waals surface area contributed by atoms with Gasteiger partial charge in [0.25, 0.3) is 0 Å². The molecule has 1 aliphatic rings. The highest BCUT2D eigenvalue weighted by Gasteiger charge is 2.47. The third-order valence-corrected chi connectivity index (χ3v) is 4.67. The van der Waals surface area contributed by atoms with Gasteiger partial charge in [-0.1, -0.05) is 60.7 Å². The second-order valence-corrected chi connectivity index (χ2v) is 6.08. The van der Waals surface area contributed by atoms with Crippen molar-refractivity contribution < 1.29 is 13.2 Å². The molecular weight excluding hydrogens is 311 g/mol. The van der Waals surface area contributed by atoms with Crippen LogP contribution in [0.5, 0.6) is 0 Å². The molecule has 0 radical (unpaired) electrons. The second-order valence-electron chi connectivity index (χ2n) is 6.08. The van der Waals surface area contributed by atoms with Crippen molar-refractivity contribution in [3.8, 4) is 0 Å². The maximum atomic E-state index is 13.9. The Balaban J connectivity index is 1.91. The lowest BCUT2D eigenvalue weighted by Gasteiger charge is -2.40. The van der Waals surface area contributed by atoms with Gasteiger partial charge in [0, 0.05) is 17.6 Å². The van der Waals surface area contributed by atoms with E-state index in [1.807, 2.05) is 36.4 Å². The van der Waals surface area contributed by atoms with Gasteiger partial charge in [0.1, 0.15) is 0 Å². The van der Waals surface area contributed by atoms with Crippen LogP contribution in [0.4, 0.5) is 18.9 Å². The van der Waals surface area contributed by atoms with Crippen molar-refractivity contribution in [3.05, 3.63) is 77.9 Å². The van der Waals surface area contributed by atoms with E-state index >= 15 is 0 Å². The largest absolute Gasteiger partial charge is 0.413 e. The molecule has 122 valence electrons. The Bertz CT molecular complexity index is 880. The Kier molecular flexibility index (Phi) is 3.48. The van der Waals surface area contributed by atoms with Crippen molar-refractivity contribution in [3.63, 3.8) is 0 Å². The maximum Gasteiger partial charge on any atom is 0.413 e. The van der Waals surface area contributed by atoms with Crippen LogP contribution in [0.3, 0.4) is 0 Å². The van der Waals surface area contributed by atoms with E-state index in [1.54, 1.807) is 30.3 Å². The minimum Gasteiger partial charge on any atom is -0.355 e. The van der Waals surface area contributed by atoms with Gasteiger partial charge in [-0.25, -0.2) is 0 Å². The van der Waals surface area contributed by atoms with E-state index in [-0.39, 0.29) is 0 Å². The lowest BCUT2D eigenvalue weighted by atomic mass is 9.91. The third kappa shape index (κ3) is 2.42. The molecule has 1 heterocycles. The van der Waals surface area contributed by atoms with Crippen LogP contribution < -0.4 is 4.90 Å². The molecule has 0 aliphatic carbocycles. The van der Waals surface area contributed by atoms with Gasteiger partial charge in [0.2, 0.25) is 0 Å². The van der Waals surface area contributed by atoms with E-state index in [9.17, 15) is 13.2 Å². The number of anilines is 1. The summed E-state index contributed by atoms with van der Waals surface area (Å²) in [6.45, 7) is 0.356. The molecule has 3 aromatic rings. The van der Waals surface area contributed by atoms with E-state index in [0.717, 1.165) is 16.3 Å². The van der Waals surface area contributed by atoms with Gasteiger partial charge in [-0.3, -0.25) is 0 Å². The lowest BCUT2D eigenvalue weighted by Crippen LogP contribution is -2.43. The fourth-order valence-electron chi connectivity index (χ4n) is 3.64. The molecule has 24 heavy (non-hydrogen) atoms. The zero-order chi connectivity index (χ0) is 16.7. The first-order valence-electron chi connectivity index (χ1n) is 7.94. The molecule has 0 aromatic heterocycles. The molecule has 3 aromatic carbocycles. The van der Waals surface area contributed by atoms with Crippen LogP contribution in [0.25, 0.3) is 10.8 Å². The minimum atomic E-state index is -4.33. The Hall–Kier alpha value is -2.49. The molecule has 0 spiro atoms. The van der Waals surface area contributed by atoms with E-state index in [4.69, 9.17) is 0 Å². The van der Waals surface area contributed by atoms with Crippen LogP contribution in [0.2, 0.25) is 0 Å². The van der Waals surface area contributed by atoms with Crippen LogP contribution in [-0.4, -0.2) is 12.7 Å². The summed E-state index contributed by atoms with van der Waals surface area (Å²) in [5, 5.41) is 1.81. The molecule has 1 nitrogen and oxygen atoms in total. The molecule has 0 bridgehead atoms. The number of halogens is 3. The first-order valence-corrected chi connectivity index (χ1v) is 7.94. The predicted octanol–water partition coefficient (Wildman–Crippen LogP) is 5.51. The zero-order valence-electron chi connectivity index (χ0n) is 12.9. The quantitative estimate of drug-likeness (QED) is 0.570. The van der Waals surface area contributed by atoms with Gasteiger partial charge in [-0.15, -0.1) is 0 Å². The van der Waals surface area contributed by atoms with Gasteiger partial charge in [0.05, 0.1) is 0 Å². The molecule has 0 N–H and O–H groups in total. The summed E-state index contributed by atoms with van der Waals surface area (Å²) in [6.07, 6.45) is -3.71. The number of benzene rings is 3. The van der Waals surface area contributed by atoms with Crippen molar-refractivity contribution in [1.29, 1.82) is 0 Å². The summed E-state index contributed by atoms with van der Waals surface area (Å²) in [5.41, 5.74) is 1.80. The van der Waals surface area contributed by atoms with Crippen LogP contribution in [-0.2, 0) is 6.42 Å². The van der Waals surface area contributed by atoms with Crippen molar-refractivity contribution in [2.24, 2.45) is 0 Å². The number of hydrogen-bond donors (Lipinski definition) is 0. The maximum absolute atomic E-state index is 13.9. The molecule has 1 aliphatic heterocycles. The van der Waals surface area contributed by atoms with Crippen molar-refractivity contribution in [1.82, 2.24) is 0 Å². The molecule has 0 amide bonds. The lowest BCUT2D eigenvalue weighted by molar-refractivity contribution is -0.151. The van der Waals surface area contributed by atoms with E-state index < -0.39 is 12.2 Å². The van der Waals surface area contributed by atoms with E-state index in [2.05, 4.69) is 0 Å². The van der Waals surface area contributed by atoms with Crippen molar-refractivity contribution in [2.75, 3.05) is 11.4 Å². The summed E-state index contributed by atoms with van der Waals surface area (Å²) < 4.78 is 41.7. The number of hydrogen-bond acceptors (Lipinski definition) is 1. The summed E-state index contributed by atoms with van der Waals surface area (Å²) in [5.74, 6) is 0. The number of fused-ring (bicyclic) bond motifs is 2. The predicted molar refractivity (Wildman–Crippen MR) is 90.2 cm³/mol. The number of nitrogens with zero attached hydrogens (tertiary/aromatic N) is 1. The fraction of sp³-hybridized carbons (Fsp3) is 0.200. The molecular formula is C20H16F3N. The average Bonchev–Trinajstić information content (AvgIpc) is 2.59. The van der Waals surface area contributed by atoms with E-state index in [1.165, 1.54) is 4.90 Å². The Labute approximate surface area is 138 Å². The monoisotopic (exact) mass is 327 g/mol. The first kappa shape index (κ1) is 15.1.